The summed E-state index contributed by atoms with van der Waals surface area (Å²) in [5.74, 6) is -0.506. The Balaban J connectivity index is 1.82. The lowest BCUT2D eigenvalue weighted by molar-refractivity contribution is 0.0697. The van der Waals surface area contributed by atoms with Crippen LogP contribution >= 0.6 is 0 Å². The normalized spacial score (nSPS) is 14.5. The first-order valence-electron chi connectivity index (χ1n) is 7.83. The molecule has 0 saturated heterocycles. The van der Waals surface area contributed by atoms with Crippen LogP contribution in [0.1, 0.15) is 28.8 Å². The SMILES string of the molecule is O=C(O)c1cccc(-c2ccccc2CNS(=O)(=O)CC2CC2)c1. The molecule has 0 heterocycles. The maximum Gasteiger partial charge on any atom is 0.335 e. The second kappa shape index (κ2) is 6.75. The molecule has 0 amide bonds. The number of benzene rings is 2. The highest BCUT2D eigenvalue weighted by atomic mass is 32.2. The summed E-state index contributed by atoms with van der Waals surface area (Å²) in [6, 6.07) is 14.1. The van der Waals surface area contributed by atoms with Crippen molar-refractivity contribution < 1.29 is 18.3 Å². The molecule has 0 spiro atoms. The van der Waals surface area contributed by atoms with Crippen molar-refractivity contribution in [1.29, 1.82) is 0 Å². The lowest BCUT2D eigenvalue weighted by Gasteiger charge is -2.12. The van der Waals surface area contributed by atoms with Crippen molar-refractivity contribution in [2.75, 3.05) is 5.75 Å². The van der Waals surface area contributed by atoms with E-state index in [4.69, 9.17) is 5.11 Å². The van der Waals surface area contributed by atoms with Gasteiger partial charge >= 0.3 is 5.97 Å². The highest BCUT2D eigenvalue weighted by Crippen LogP contribution is 2.30. The fourth-order valence-electron chi connectivity index (χ4n) is 2.62. The van der Waals surface area contributed by atoms with Crippen molar-refractivity contribution in [2.24, 2.45) is 5.92 Å². The quantitative estimate of drug-likeness (QED) is 0.808. The summed E-state index contributed by atoms with van der Waals surface area (Å²) < 4.78 is 26.8. The van der Waals surface area contributed by atoms with Gasteiger partial charge in [-0.3, -0.25) is 0 Å². The van der Waals surface area contributed by atoms with Gasteiger partial charge in [-0.15, -0.1) is 0 Å². The molecule has 0 radical (unpaired) electrons. The van der Waals surface area contributed by atoms with Gasteiger partial charge in [-0.2, -0.15) is 0 Å². The molecule has 0 aromatic heterocycles. The van der Waals surface area contributed by atoms with Crippen molar-refractivity contribution >= 4 is 16.0 Å². The second-order valence-electron chi connectivity index (χ2n) is 6.09. The fourth-order valence-corrected chi connectivity index (χ4v) is 4.06. The van der Waals surface area contributed by atoms with Gasteiger partial charge in [-0.25, -0.2) is 17.9 Å². The van der Waals surface area contributed by atoms with Gasteiger partial charge in [0.2, 0.25) is 10.0 Å². The Bertz CT molecular complexity index is 857. The summed E-state index contributed by atoms with van der Waals surface area (Å²) in [4.78, 5) is 11.1. The van der Waals surface area contributed by atoms with Crippen LogP contribution in [-0.4, -0.2) is 25.2 Å². The van der Waals surface area contributed by atoms with Gasteiger partial charge in [0.1, 0.15) is 0 Å². The smallest absolute Gasteiger partial charge is 0.335 e. The van der Waals surface area contributed by atoms with E-state index in [0.717, 1.165) is 29.5 Å². The van der Waals surface area contributed by atoms with Gasteiger partial charge in [0.25, 0.3) is 0 Å². The van der Waals surface area contributed by atoms with Crippen LogP contribution in [0.2, 0.25) is 0 Å². The predicted octanol–water partition coefficient (Wildman–Crippen LogP) is 2.88. The molecule has 126 valence electrons. The first kappa shape index (κ1) is 16.7. The number of carboxylic acid groups (broad SMARTS) is 1. The van der Waals surface area contributed by atoms with Crippen LogP contribution in [-0.2, 0) is 16.6 Å². The third kappa shape index (κ3) is 4.21. The molecule has 0 atom stereocenters. The Kier molecular flexibility index (Phi) is 4.69. The number of carbonyl (C=O) groups is 1. The molecule has 1 aliphatic carbocycles. The lowest BCUT2D eigenvalue weighted by Crippen LogP contribution is -2.27. The van der Waals surface area contributed by atoms with E-state index < -0.39 is 16.0 Å². The first-order chi connectivity index (χ1) is 11.4. The number of hydrogen-bond donors (Lipinski definition) is 2. The van der Waals surface area contributed by atoms with Crippen LogP contribution in [0.3, 0.4) is 0 Å². The largest absolute Gasteiger partial charge is 0.478 e. The van der Waals surface area contributed by atoms with Crippen LogP contribution in [0.25, 0.3) is 11.1 Å². The summed E-state index contributed by atoms with van der Waals surface area (Å²) in [6.07, 6.45) is 1.97. The van der Waals surface area contributed by atoms with Crippen molar-refractivity contribution in [2.45, 2.75) is 19.4 Å². The number of hydrogen-bond acceptors (Lipinski definition) is 3. The Morgan fingerprint density at radius 1 is 1.12 bits per heavy atom. The number of carboxylic acids is 1. The minimum absolute atomic E-state index is 0.184. The summed E-state index contributed by atoms with van der Waals surface area (Å²) in [5, 5.41) is 9.13. The van der Waals surface area contributed by atoms with Gasteiger partial charge in [0.15, 0.2) is 0 Å². The number of nitrogens with one attached hydrogen (secondary N) is 1. The van der Waals surface area contributed by atoms with Gasteiger partial charge < -0.3 is 5.11 Å². The van der Waals surface area contributed by atoms with Crippen LogP contribution in [0, 0.1) is 5.92 Å². The molecule has 5 nitrogen and oxygen atoms in total. The van der Waals surface area contributed by atoms with Gasteiger partial charge in [-0.1, -0.05) is 36.4 Å². The van der Waals surface area contributed by atoms with E-state index in [2.05, 4.69) is 4.72 Å². The van der Waals surface area contributed by atoms with Crippen LogP contribution < -0.4 is 4.72 Å². The summed E-state index contributed by atoms with van der Waals surface area (Å²) in [5.41, 5.74) is 2.61. The number of sulfonamides is 1. The maximum atomic E-state index is 12.1. The van der Waals surface area contributed by atoms with Gasteiger partial charge in [0, 0.05) is 6.54 Å². The van der Waals surface area contributed by atoms with Gasteiger partial charge in [-0.05, 0) is 47.6 Å². The Morgan fingerprint density at radius 3 is 2.58 bits per heavy atom. The number of rotatable bonds is 7. The molecule has 1 aliphatic rings. The van der Waals surface area contributed by atoms with Crippen molar-refractivity contribution in [1.82, 2.24) is 4.72 Å². The van der Waals surface area contributed by atoms with E-state index in [1.165, 1.54) is 6.07 Å². The van der Waals surface area contributed by atoms with Crippen LogP contribution in [0.5, 0.6) is 0 Å². The Labute approximate surface area is 141 Å². The Morgan fingerprint density at radius 2 is 1.88 bits per heavy atom. The van der Waals surface area contributed by atoms with Crippen LogP contribution in [0.4, 0.5) is 0 Å². The molecule has 2 aromatic carbocycles. The average Bonchev–Trinajstić information content (AvgIpc) is 3.37. The molecule has 2 N–H and O–H groups in total. The molecule has 0 unspecified atom stereocenters. The van der Waals surface area contributed by atoms with E-state index in [9.17, 15) is 13.2 Å². The summed E-state index contributed by atoms with van der Waals surface area (Å²) >= 11 is 0. The zero-order chi connectivity index (χ0) is 17.2. The molecule has 3 rings (SSSR count). The highest BCUT2D eigenvalue weighted by Gasteiger charge is 2.27. The predicted molar refractivity (Wildman–Crippen MR) is 92.2 cm³/mol. The first-order valence-corrected chi connectivity index (χ1v) is 9.49. The highest BCUT2D eigenvalue weighted by molar-refractivity contribution is 7.89. The molecule has 24 heavy (non-hydrogen) atoms. The molecular weight excluding hydrogens is 326 g/mol. The standard InChI is InChI=1S/C18H19NO4S/c20-18(21)15-6-3-5-14(10-15)17-7-2-1-4-16(17)11-19-24(22,23)12-13-8-9-13/h1-7,10,13,19H,8-9,11-12H2,(H,20,21). The van der Waals surface area contributed by atoms with E-state index in [0.29, 0.717) is 5.92 Å². The minimum atomic E-state index is -3.28. The van der Waals surface area contributed by atoms with E-state index >= 15 is 0 Å². The summed E-state index contributed by atoms with van der Waals surface area (Å²) in [7, 11) is -3.28. The van der Waals surface area contributed by atoms with E-state index in [-0.39, 0.29) is 17.9 Å². The van der Waals surface area contributed by atoms with Crippen molar-refractivity contribution in [3.05, 3.63) is 59.7 Å². The molecule has 2 aromatic rings. The summed E-state index contributed by atoms with van der Waals surface area (Å²) in [6.45, 7) is 0.197. The molecule has 0 aliphatic heterocycles. The average molecular weight is 345 g/mol. The maximum absolute atomic E-state index is 12.1. The molecule has 6 heteroatoms. The molecular formula is C18H19NO4S. The molecule has 1 fully saturated rings. The van der Waals surface area contributed by atoms with E-state index in [1.54, 1.807) is 12.1 Å². The van der Waals surface area contributed by atoms with Crippen LogP contribution in [0.15, 0.2) is 48.5 Å². The monoisotopic (exact) mass is 345 g/mol. The second-order valence-corrected chi connectivity index (χ2v) is 7.94. The third-order valence-electron chi connectivity index (χ3n) is 4.07. The van der Waals surface area contributed by atoms with Crippen molar-refractivity contribution in [3.8, 4) is 11.1 Å². The molecule has 1 saturated carbocycles. The zero-order valence-corrected chi connectivity index (χ0v) is 13.9. The van der Waals surface area contributed by atoms with Crippen molar-refractivity contribution in [3.63, 3.8) is 0 Å². The number of aromatic carboxylic acids is 1. The van der Waals surface area contributed by atoms with E-state index in [1.807, 2.05) is 30.3 Å². The minimum Gasteiger partial charge on any atom is -0.478 e. The zero-order valence-electron chi connectivity index (χ0n) is 13.1. The Hall–Kier alpha value is -2.18. The molecule has 0 bridgehead atoms. The lowest BCUT2D eigenvalue weighted by atomic mass is 9.98. The van der Waals surface area contributed by atoms with Gasteiger partial charge in [0.05, 0.1) is 11.3 Å². The third-order valence-corrected chi connectivity index (χ3v) is 5.57. The topological polar surface area (TPSA) is 83.5 Å². The fraction of sp³-hybridized carbons (Fsp3) is 0.278.